The Bertz CT molecular complexity index is 181. The van der Waals surface area contributed by atoms with Crippen molar-refractivity contribution in [3.8, 4) is 0 Å². The van der Waals surface area contributed by atoms with Gasteiger partial charge in [0.1, 0.15) is 0 Å². The molecule has 1 atom stereocenters. The highest BCUT2D eigenvalue weighted by Crippen LogP contribution is 2.15. The lowest BCUT2D eigenvalue weighted by atomic mass is 10.0. The van der Waals surface area contributed by atoms with Crippen LogP contribution in [0.15, 0.2) is 24.5 Å². The van der Waals surface area contributed by atoms with Crippen molar-refractivity contribution in [2.45, 2.75) is 26.2 Å². The van der Waals surface area contributed by atoms with Gasteiger partial charge < -0.3 is 0 Å². The predicted octanol–water partition coefficient (Wildman–Crippen LogP) is 2.60. The van der Waals surface area contributed by atoms with Crippen molar-refractivity contribution in [3.05, 3.63) is 30.1 Å². The molecule has 0 N–H and O–H groups in total. The molecule has 1 aromatic heterocycles. The number of hydrogen-bond acceptors (Lipinski definition) is 1. The predicted molar refractivity (Wildman–Crippen MR) is 42.9 cm³/mol. The molecule has 0 fully saturated rings. The van der Waals surface area contributed by atoms with Crippen molar-refractivity contribution in [2.24, 2.45) is 0 Å². The average Bonchev–Trinajstić information content (AvgIpc) is 2.05. The summed E-state index contributed by atoms with van der Waals surface area (Å²) in [5.41, 5.74) is 1.34. The van der Waals surface area contributed by atoms with Crippen LogP contribution >= 0.6 is 0 Å². The molecule has 1 heterocycles. The molecule has 1 nitrogen and oxygen atoms in total. The number of aromatic nitrogens is 1. The van der Waals surface area contributed by atoms with Crippen LogP contribution in [-0.2, 0) is 0 Å². The van der Waals surface area contributed by atoms with Gasteiger partial charge in [-0.1, -0.05) is 19.9 Å². The Morgan fingerprint density at radius 3 is 2.90 bits per heavy atom. The van der Waals surface area contributed by atoms with E-state index in [0.717, 1.165) is 0 Å². The zero-order valence-corrected chi connectivity index (χ0v) is 6.54. The van der Waals surface area contributed by atoms with Crippen LogP contribution in [0.4, 0.5) is 0 Å². The fourth-order valence-corrected chi connectivity index (χ4v) is 0.903. The lowest BCUT2D eigenvalue weighted by Gasteiger charge is -2.05. The first kappa shape index (κ1) is 7.26. The molecule has 10 heavy (non-hydrogen) atoms. The summed E-state index contributed by atoms with van der Waals surface area (Å²) in [7, 11) is 0. The first-order valence-electron chi connectivity index (χ1n) is 3.74. The van der Waals surface area contributed by atoms with E-state index in [1.807, 2.05) is 18.5 Å². The lowest BCUT2D eigenvalue weighted by molar-refractivity contribution is 0.729. The van der Waals surface area contributed by atoms with Crippen LogP contribution in [0.5, 0.6) is 0 Å². The van der Waals surface area contributed by atoms with Crippen LogP contribution in [0.3, 0.4) is 0 Å². The highest BCUT2D eigenvalue weighted by atomic mass is 14.6. The van der Waals surface area contributed by atoms with Gasteiger partial charge in [0.05, 0.1) is 0 Å². The second-order valence-corrected chi connectivity index (χ2v) is 2.60. The summed E-state index contributed by atoms with van der Waals surface area (Å²) >= 11 is 0. The molecule has 1 rings (SSSR count). The molecule has 0 bridgehead atoms. The second-order valence-electron chi connectivity index (χ2n) is 2.60. The summed E-state index contributed by atoms with van der Waals surface area (Å²) in [4.78, 5) is 4.05. The number of nitrogens with zero attached hydrogens (tertiary/aromatic N) is 1. The van der Waals surface area contributed by atoms with E-state index in [1.54, 1.807) is 0 Å². The van der Waals surface area contributed by atoms with Crippen LogP contribution in [0, 0.1) is 0 Å². The van der Waals surface area contributed by atoms with E-state index >= 15 is 0 Å². The van der Waals surface area contributed by atoms with Crippen LogP contribution < -0.4 is 0 Å². The van der Waals surface area contributed by atoms with E-state index in [1.165, 1.54) is 12.0 Å². The molecule has 0 aliphatic carbocycles. The van der Waals surface area contributed by atoms with Crippen LogP contribution in [0.1, 0.15) is 31.7 Å². The zero-order chi connectivity index (χ0) is 7.40. The molecule has 0 spiro atoms. The SMILES string of the molecule is CC[C@H](C)c1cccnc1. The standard InChI is InChI=1S/C9H13N/c1-3-8(2)9-5-4-6-10-7-9/h4-8H,3H2,1-2H3/t8-/m0/s1. The maximum atomic E-state index is 4.05. The fourth-order valence-electron chi connectivity index (χ4n) is 0.903. The molecule has 0 aliphatic heterocycles. The molecule has 0 amide bonds. The first-order valence-corrected chi connectivity index (χ1v) is 3.74. The summed E-state index contributed by atoms with van der Waals surface area (Å²) in [6.45, 7) is 4.41. The van der Waals surface area contributed by atoms with Gasteiger partial charge in [-0.05, 0) is 24.0 Å². The Hall–Kier alpha value is -0.850. The Balaban J connectivity index is 2.75. The minimum Gasteiger partial charge on any atom is -0.264 e. The molecule has 54 valence electrons. The van der Waals surface area contributed by atoms with Crippen LogP contribution in [0.25, 0.3) is 0 Å². The van der Waals surface area contributed by atoms with Gasteiger partial charge in [-0.3, -0.25) is 4.98 Å². The number of pyridine rings is 1. The third-order valence-corrected chi connectivity index (χ3v) is 1.87. The Morgan fingerprint density at radius 1 is 1.60 bits per heavy atom. The molecule has 0 saturated carbocycles. The fraction of sp³-hybridized carbons (Fsp3) is 0.444. The average molecular weight is 135 g/mol. The van der Waals surface area contributed by atoms with Crippen molar-refractivity contribution in [2.75, 3.05) is 0 Å². The first-order chi connectivity index (χ1) is 4.84. The van der Waals surface area contributed by atoms with E-state index in [9.17, 15) is 0 Å². The van der Waals surface area contributed by atoms with Crippen LogP contribution in [0.2, 0.25) is 0 Å². The molecular weight excluding hydrogens is 122 g/mol. The summed E-state index contributed by atoms with van der Waals surface area (Å²) in [5, 5.41) is 0. The maximum absolute atomic E-state index is 4.05. The monoisotopic (exact) mass is 135 g/mol. The van der Waals surface area contributed by atoms with Crippen molar-refractivity contribution < 1.29 is 0 Å². The minimum atomic E-state index is 0.647. The highest BCUT2D eigenvalue weighted by Gasteiger charge is 1.99. The summed E-state index contributed by atoms with van der Waals surface area (Å²) in [6.07, 6.45) is 4.94. The zero-order valence-electron chi connectivity index (χ0n) is 6.54. The molecule has 0 saturated heterocycles. The normalized spacial score (nSPS) is 13.0. The molecule has 1 aromatic rings. The lowest BCUT2D eigenvalue weighted by Crippen LogP contribution is -1.90. The maximum Gasteiger partial charge on any atom is 0.0302 e. The third kappa shape index (κ3) is 1.56. The van der Waals surface area contributed by atoms with Gasteiger partial charge >= 0.3 is 0 Å². The summed E-state index contributed by atoms with van der Waals surface area (Å²) in [5.74, 6) is 0.647. The van der Waals surface area contributed by atoms with Gasteiger partial charge in [-0.2, -0.15) is 0 Å². The quantitative estimate of drug-likeness (QED) is 0.607. The van der Waals surface area contributed by atoms with Crippen molar-refractivity contribution >= 4 is 0 Å². The van der Waals surface area contributed by atoms with Crippen LogP contribution in [-0.4, -0.2) is 4.98 Å². The van der Waals surface area contributed by atoms with E-state index in [-0.39, 0.29) is 0 Å². The van der Waals surface area contributed by atoms with Gasteiger partial charge in [0.15, 0.2) is 0 Å². The molecule has 1 heteroatoms. The Kier molecular flexibility index (Phi) is 2.43. The van der Waals surface area contributed by atoms with E-state index in [4.69, 9.17) is 0 Å². The topological polar surface area (TPSA) is 12.9 Å². The number of hydrogen-bond donors (Lipinski definition) is 0. The largest absolute Gasteiger partial charge is 0.264 e. The summed E-state index contributed by atoms with van der Waals surface area (Å²) < 4.78 is 0. The van der Waals surface area contributed by atoms with Crippen molar-refractivity contribution in [1.82, 2.24) is 4.98 Å². The second kappa shape index (κ2) is 3.35. The minimum absolute atomic E-state index is 0.647. The van der Waals surface area contributed by atoms with Gasteiger partial charge in [0, 0.05) is 12.4 Å². The molecular formula is C9H13N. The van der Waals surface area contributed by atoms with E-state index in [2.05, 4.69) is 24.9 Å². The molecule has 0 radical (unpaired) electrons. The van der Waals surface area contributed by atoms with E-state index < -0.39 is 0 Å². The van der Waals surface area contributed by atoms with Gasteiger partial charge in [-0.15, -0.1) is 0 Å². The van der Waals surface area contributed by atoms with Crippen molar-refractivity contribution in [3.63, 3.8) is 0 Å². The van der Waals surface area contributed by atoms with Crippen molar-refractivity contribution in [1.29, 1.82) is 0 Å². The molecule has 0 unspecified atom stereocenters. The number of rotatable bonds is 2. The van der Waals surface area contributed by atoms with Gasteiger partial charge in [0.25, 0.3) is 0 Å². The molecule has 0 aliphatic rings. The highest BCUT2D eigenvalue weighted by molar-refractivity contribution is 5.12. The van der Waals surface area contributed by atoms with E-state index in [0.29, 0.717) is 5.92 Å². The van der Waals surface area contributed by atoms with Gasteiger partial charge in [0.2, 0.25) is 0 Å². The molecule has 0 aromatic carbocycles. The summed E-state index contributed by atoms with van der Waals surface area (Å²) in [6, 6.07) is 4.11. The smallest absolute Gasteiger partial charge is 0.0302 e. The third-order valence-electron chi connectivity index (χ3n) is 1.87. The Morgan fingerprint density at radius 2 is 2.40 bits per heavy atom. The van der Waals surface area contributed by atoms with Gasteiger partial charge in [-0.25, -0.2) is 0 Å². The Labute approximate surface area is 62.1 Å².